The number of hydrogen-bond acceptors (Lipinski definition) is 2. The summed E-state index contributed by atoms with van der Waals surface area (Å²) in [6.45, 7) is 4.69. The average molecular weight is 305 g/mol. The Morgan fingerprint density at radius 1 is 1.13 bits per heavy atom. The smallest absolute Gasteiger partial charge is 0.277 e. The van der Waals surface area contributed by atoms with Gasteiger partial charge >= 0.3 is 0 Å². The van der Waals surface area contributed by atoms with E-state index in [9.17, 15) is 4.79 Å². The first-order valence-corrected chi connectivity index (χ1v) is 8.00. The first-order chi connectivity index (χ1) is 11.1. The Balaban J connectivity index is 1.85. The van der Waals surface area contributed by atoms with Gasteiger partial charge in [-0.05, 0) is 49.9 Å². The van der Waals surface area contributed by atoms with E-state index in [0.717, 1.165) is 42.0 Å². The highest BCUT2D eigenvalue weighted by molar-refractivity contribution is 6.06. The third-order valence-electron chi connectivity index (χ3n) is 4.50. The van der Waals surface area contributed by atoms with Gasteiger partial charge in [-0.1, -0.05) is 24.3 Å². The molecule has 3 heterocycles. The number of fused-ring (bicyclic) bond motifs is 2. The lowest BCUT2D eigenvalue weighted by Crippen LogP contribution is -2.36. The van der Waals surface area contributed by atoms with Gasteiger partial charge in [-0.25, -0.2) is 4.98 Å². The summed E-state index contributed by atoms with van der Waals surface area (Å²) in [5, 5.41) is 0. The second-order valence-electron chi connectivity index (χ2n) is 6.17. The van der Waals surface area contributed by atoms with E-state index in [1.54, 1.807) is 0 Å². The summed E-state index contributed by atoms with van der Waals surface area (Å²) in [5.41, 5.74) is 5.66. The Morgan fingerprint density at radius 3 is 2.83 bits per heavy atom. The molecule has 4 heteroatoms. The van der Waals surface area contributed by atoms with Crippen molar-refractivity contribution in [1.82, 2.24) is 9.38 Å². The monoisotopic (exact) mass is 305 g/mol. The molecule has 0 radical (unpaired) electrons. The molecule has 4 nitrogen and oxygen atoms in total. The molecule has 0 atom stereocenters. The maximum atomic E-state index is 13.2. The van der Waals surface area contributed by atoms with Gasteiger partial charge in [0.1, 0.15) is 11.3 Å². The van der Waals surface area contributed by atoms with E-state index in [1.807, 2.05) is 59.7 Å². The zero-order chi connectivity index (χ0) is 16.0. The van der Waals surface area contributed by atoms with Crippen molar-refractivity contribution in [3.05, 3.63) is 65.1 Å². The summed E-state index contributed by atoms with van der Waals surface area (Å²) >= 11 is 0. The molecule has 0 saturated heterocycles. The summed E-state index contributed by atoms with van der Waals surface area (Å²) in [5.74, 6) is 0.0350. The zero-order valence-corrected chi connectivity index (χ0v) is 13.4. The van der Waals surface area contributed by atoms with Gasteiger partial charge in [0.25, 0.3) is 5.91 Å². The van der Waals surface area contributed by atoms with Gasteiger partial charge in [-0.3, -0.25) is 9.20 Å². The Labute approximate surface area is 135 Å². The van der Waals surface area contributed by atoms with Gasteiger partial charge in [0.05, 0.1) is 5.69 Å². The summed E-state index contributed by atoms with van der Waals surface area (Å²) in [6, 6.07) is 12.2. The van der Waals surface area contributed by atoms with Crippen LogP contribution in [0.2, 0.25) is 0 Å². The third kappa shape index (κ3) is 2.22. The second kappa shape index (κ2) is 5.23. The standard InChI is InChI=1S/C19H19N3O/c1-13-9-10-17-20-14(2)18(22(17)12-13)19(23)21-11-5-7-15-6-3-4-8-16(15)21/h3-4,6,8-10,12H,5,7,11H2,1-2H3. The number of aromatic nitrogens is 2. The van der Waals surface area contributed by atoms with Gasteiger partial charge in [0.15, 0.2) is 0 Å². The van der Waals surface area contributed by atoms with Crippen LogP contribution in [0.3, 0.4) is 0 Å². The van der Waals surface area contributed by atoms with Crippen molar-refractivity contribution in [1.29, 1.82) is 0 Å². The number of rotatable bonds is 1. The Bertz CT molecular complexity index is 910. The van der Waals surface area contributed by atoms with Crippen LogP contribution in [0.15, 0.2) is 42.6 Å². The molecule has 0 aliphatic carbocycles. The van der Waals surface area contributed by atoms with Crippen LogP contribution in [0.25, 0.3) is 5.65 Å². The number of aryl methyl sites for hydroxylation is 3. The molecular formula is C19H19N3O. The number of amides is 1. The number of carbonyl (C=O) groups excluding carboxylic acids is 1. The van der Waals surface area contributed by atoms with Crippen LogP contribution in [-0.4, -0.2) is 21.8 Å². The molecule has 1 aromatic carbocycles. The van der Waals surface area contributed by atoms with Crippen LogP contribution in [0.1, 0.15) is 33.7 Å². The highest BCUT2D eigenvalue weighted by atomic mass is 16.2. The van der Waals surface area contributed by atoms with Crippen LogP contribution in [0, 0.1) is 13.8 Å². The number of anilines is 1. The van der Waals surface area contributed by atoms with Crippen LogP contribution >= 0.6 is 0 Å². The highest BCUT2D eigenvalue weighted by Gasteiger charge is 2.27. The number of carbonyl (C=O) groups is 1. The molecule has 1 amide bonds. The van der Waals surface area contributed by atoms with Gasteiger partial charge in [-0.15, -0.1) is 0 Å². The molecule has 0 unspecified atom stereocenters. The van der Waals surface area contributed by atoms with Crippen LogP contribution < -0.4 is 4.90 Å². The Morgan fingerprint density at radius 2 is 1.96 bits per heavy atom. The molecule has 0 N–H and O–H groups in total. The number of pyridine rings is 1. The van der Waals surface area contributed by atoms with Crippen LogP contribution in [0.4, 0.5) is 5.69 Å². The van der Waals surface area contributed by atoms with Crippen molar-refractivity contribution in [3.63, 3.8) is 0 Å². The largest absolute Gasteiger partial charge is 0.307 e. The number of hydrogen-bond donors (Lipinski definition) is 0. The maximum Gasteiger partial charge on any atom is 0.277 e. The van der Waals surface area contributed by atoms with Crippen molar-refractivity contribution >= 4 is 17.2 Å². The second-order valence-corrected chi connectivity index (χ2v) is 6.17. The van der Waals surface area contributed by atoms with E-state index >= 15 is 0 Å². The fraction of sp³-hybridized carbons (Fsp3) is 0.263. The lowest BCUT2D eigenvalue weighted by molar-refractivity contribution is 0.0979. The first-order valence-electron chi connectivity index (χ1n) is 8.00. The fourth-order valence-corrected chi connectivity index (χ4v) is 3.40. The van der Waals surface area contributed by atoms with Crippen molar-refractivity contribution in [2.75, 3.05) is 11.4 Å². The highest BCUT2D eigenvalue weighted by Crippen LogP contribution is 2.29. The summed E-state index contributed by atoms with van der Waals surface area (Å²) < 4.78 is 1.92. The van der Waals surface area contributed by atoms with Gasteiger partial charge in [-0.2, -0.15) is 0 Å². The number of imidazole rings is 1. The predicted octanol–water partition coefficient (Wildman–Crippen LogP) is 3.54. The van der Waals surface area contributed by atoms with Gasteiger partial charge in [0, 0.05) is 18.4 Å². The minimum atomic E-state index is 0.0350. The quantitative estimate of drug-likeness (QED) is 0.689. The first kappa shape index (κ1) is 14.0. The lowest BCUT2D eigenvalue weighted by Gasteiger charge is -2.29. The molecule has 4 rings (SSSR count). The zero-order valence-electron chi connectivity index (χ0n) is 13.4. The molecule has 23 heavy (non-hydrogen) atoms. The van der Waals surface area contributed by atoms with Gasteiger partial charge < -0.3 is 4.90 Å². The van der Waals surface area contributed by atoms with Crippen molar-refractivity contribution in [2.24, 2.45) is 0 Å². The Hall–Kier alpha value is -2.62. The van der Waals surface area contributed by atoms with Gasteiger partial charge in [0.2, 0.25) is 0 Å². The van der Waals surface area contributed by atoms with E-state index in [0.29, 0.717) is 5.69 Å². The summed E-state index contributed by atoms with van der Waals surface area (Å²) in [4.78, 5) is 19.7. The van der Waals surface area contributed by atoms with E-state index in [4.69, 9.17) is 0 Å². The predicted molar refractivity (Wildman–Crippen MR) is 91.1 cm³/mol. The molecule has 1 aliphatic heterocycles. The third-order valence-corrected chi connectivity index (χ3v) is 4.50. The summed E-state index contributed by atoms with van der Waals surface area (Å²) in [7, 11) is 0. The minimum Gasteiger partial charge on any atom is -0.307 e. The van der Waals surface area contributed by atoms with E-state index in [-0.39, 0.29) is 5.91 Å². The molecular weight excluding hydrogens is 286 g/mol. The van der Waals surface area contributed by atoms with E-state index in [1.165, 1.54) is 5.56 Å². The molecule has 2 aromatic heterocycles. The number of para-hydroxylation sites is 1. The van der Waals surface area contributed by atoms with E-state index < -0.39 is 0 Å². The molecule has 0 bridgehead atoms. The topological polar surface area (TPSA) is 37.6 Å². The maximum absolute atomic E-state index is 13.2. The molecule has 0 saturated carbocycles. The number of nitrogens with zero attached hydrogens (tertiary/aromatic N) is 3. The molecule has 1 aliphatic rings. The molecule has 116 valence electrons. The average Bonchev–Trinajstić information content (AvgIpc) is 2.89. The Kier molecular flexibility index (Phi) is 3.18. The lowest BCUT2D eigenvalue weighted by atomic mass is 10.0. The van der Waals surface area contributed by atoms with Crippen LogP contribution in [-0.2, 0) is 6.42 Å². The molecule has 3 aromatic rings. The van der Waals surface area contributed by atoms with Crippen LogP contribution in [0.5, 0.6) is 0 Å². The SMILES string of the molecule is Cc1ccc2nc(C)c(C(=O)N3CCCc4ccccc43)n2c1. The molecule has 0 spiro atoms. The molecule has 0 fully saturated rings. The van der Waals surface area contributed by atoms with Crippen molar-refractivity contribution in [2.45, 2.75) is 26.7 Å². The number of benzene rings is 1. The van der Waals surface area contributed by atoms with Crippen molar-refractivity contribution < 1.29 is 4.79 Å². The summed E-state index contributed by atoms with van der Waals surface area (Å²) in [6.07, 6.45) is 4.02. The van der Waals surface area contributed by atoms with E-state index in [2.05, 4.69) is 11.1 Å². The normalized spacial score (nSPS) is 14.1. The van der Waals surface area contributed by atoms with Crippen molar-refractivity contribution in [3.8, 4) is 0 Å². The fourth-order valence-electron chi connectivity index (χ4n) is 3.40. The minimum absolute atomic E-state index is 0.0350.